The topological polar surface area (TPSA) is 50.4 Å². The van der Waals surface area contributed by atoms with Gasteiger partial charge in [0.05, 0.1) is 4.47 Å². The van der Waals surface area contributed by atoms with Gasteiger partial charge in [0.2, 0.25) is 5.91 Å². The summed E-state index contributed by atoms with van der Waals surface area (Å²) in [6.07, 6.45) is -3.21. The molecule has 1 aromatic carbocycles. The van der Waals surface area contributed by atoms with Crippen LogP contribution in [0.2, 0.25) is 0 Å². The average Bonchev–Trinajstić information content (AvgIpc) is 2.37. The summed E-state index contributed by atoms with van der Waals surface area (Å²) in [5, 5.41) is 5.47. The fraction of sp³-hybridized carbons (Fsp3) is 0.308. The number of anilines is 1. The molecule has 0 aliphatic carbocycles. The van der Waals surface area contributed by atoms with Crippen LogP contribution in [0.15, 0.2) is 35.3 Å². The molecule has 1 unspecified atom stereocenters. The summed E-state index contributed by atoms with van der Waals surface area (Å²) in [6, 6.07) is 3.40. The minimum atomic E-state index is -4.75. The lowest BCUT2D eigenvalue weighted by Crippen LogP contribution is -2.37. The van der Waals surface area contributed by atoms with Crippen LogP contribution in [-0.4, -0.2) is 24.9 Å². The van der Waals surface area contributed by atoms with Gasteiger partial charge in [-0.25, -0.2) is 0 Å². The van der Waals surface area contributed by atoms with Crippen LogP contribution in [0.3, 0.4) is 0 Å². The number of ether oxygens (including phenoxy) is 1. The molecule has 21 heavy (non-hydrogen) atoms. The molecule has 1 atom stereocenters. The lowest BCUT2D eigenvalue weighted by atomic mass is 10.2. The van der Waals surface area contributed by atoms with Crippen LogP contribution in [0, 0.1) is 0 Å². The number of hydrogen-bond acceptors (Lipinski definition) is 3. The van der Waals surface area contributed by atoms with Crippen molar-refractivity contribution in [3.63, 3.8) is 0 Å². The minimum absolute atomic E-state index is 0.128. The summed E-state index contributed by atoms with van der Waals surface area (Å²) in [5.74, 6) is -0.599. The smallest absolute Gasteiger partial charge is 0.405 e. The van der Waals surface area contributed by atoms with E-state index in [2.05, 4.69) is 37.9 Å². The molecule has 1 amide bonds. The molecule has 0 heterocycles. The van der Waals surface area contributed by atoms with E-state index in [9.17, 15) is 18.0 Å². The van der Waals surface area contributed by atoms with Crippen LogP contribution >= 0.6 is 15.9 Å². The van der Waals surface area contributed by atoms with Crippen molar-refractivity contribution in [3.8, 4) is 5.75 Å². The summed E-state index contributed by atoms with van der Waals surface area (Å²) in [6.45, 7) is 5.45. The van der Waals surface area contributed by atoms with Crippen molar-refractivity contribution < 1.29 is 22.7 Å². The van der Waals surface area contributed by atoms with Gasteiger partial charge in [-0.05, 0) is 41.1 Å². The van der Waals surface area contributed by atoms with E-state index in [1.165, 1.54) is 12.1 Å². The van der Waals surface area contributed by atoms with Crippen LogP contribution in [0.5, 0.6) is 5.75 Å². The highest BCUT2D eigenvalue weighted by Gasteiger charge is 2.32. The van der Waals surface area contributed by atoms with Crippen molar-refractivity contribution in [2.45, 2.75) is 19.3 Å². The second kappa shape index (κ2) is 7.35. The Morgan fingerprint density at radius 1 is 1.52 bits per heavy atom. The van der Waals surface area contributed by atoms with Gasteiger partial charge in [-0.2, -0.15) is 0 Å². The zero-order valence-corrected chi connectivity index (χ0v) is 12.7. The molecule has 2 N–H and O–H groups in total. The molecular formula is C13H14BrF3N2O2. The van der Waals surface area contributed by atoms with Crippen LogP contribution in [0.25, 0.3) is 0 Å². The lowest BCUT2D eigenvalue weighted by Gasteiger charge is -2.16. The first kappa shape index (κ1) is 17.4. The van der Waals surface area contributed by atoms with Crippen molar-refractivity contribution in [2.75, 3.05) is 11.9 Å². The monoisotopic (exact) mass is 366 g/mol. The first-order valence-corrected chi connectivity index (χ1v) is 6.72. The third-order valence-electron chi connectivity index (χ3n) is 2.35. The molecular weight excluding hydrogens is 353 g/mol. The van der Waals surface area contributed by atoms with Crippen molar-refractivity contribution in [1.82, 2.24) is 5.32 Å². The maximum atomic E-state index is 12.1. The van der Waals surface area contributed by atoms with Gasteiger partial charge in [0.25, 0.3) is 0 Å². The van der Waals surface area contributed by atoms with Gasteiger partial charge < -0.3 is 15.4 Å². The normalized spacial score (nSPS) is 12.4. The number of rotatable bonds is 6. The van der Waals surface area contributed by atoms with E-state index < -0.39 is 12.4 Å². The number of alkyl halides is 3. The van der Waals surface area contributed by atoms with Crippen LogP contribution in [-0.2, 0) is 4.79 Å². The van der Waals surface area contributed by atoms with Crippen molar-refractivity contribution in [3.05, 3.63) is 35.3 Å². The summed E-state index contributed by atoms with van der Waals surface area (Å²) in [5.41, 5.74) is 0.484. The Kier molecular flexibility index (Phi) is 6.07. The van der Waals surface area contributed by atoms with Crippen molar-refractivity contribution in [1.29, 1.82) is 0 Å². The Labute approximate surface area is 128 Å². The SMILES string of the molecule is C=CCNC(=O)C(C)Nc1ccc(OC(F)(F)F)c(Br)c1. The first-order chi connectivity index (χ1) is 9.73. The number of hydrogen-bond donors (Lipinski definition) is 2. The molecule has 1 aromatic rings. The Hall–Kier alpha value is -1.70. The van der Waals surface area contributed by atoms with E-state index >= 15 is 0 Å². The van der Waals surface area contributed by atoms with Crippen LogP contribution < -0.4 is 15.4 Å². The van der Waals surface area contributed by atoms with E-state index in [0.717, 1.165) is 6.07 Å². The van der Waals surface area contributed by atoms with Gasteiger partial charge in [0.1, 0.15) is 11.8 Å². The highest BCUT2D eigenvalue weighted by molar-refractivity contribution is 9.10. The van der Waals surface area contributed by atoms with E-state index in [0.29, 0.717) is 12.2 Å². The number of halogens is 4. The molecule has 8 heteroatoms. The van der Waals surface area contributed by atoms with Gasteiger partial charge in [0.15, 0.2) is 0 Å². The molecule has 0 spiro atoms. The fourth-order valence-corrected chi connectivity index (χ4v) is 1.90. The summed E-state index contributed by atoms with van der Waals surface area (Å²) >= 11 is 2.99. The van der Waals surface area contributed by atoms with Crippen LogP contribution in [0.4, 0.5) is 18.9 Å². The second-order valence-corrected chi connectivity index (χ2v) is 4.95. The number of nitrogens with one attached hydrogen (secondary N) is 2. The van der Waals surface area contributed by atoms with Gasteiger partial charge in [0, 0.05) is 12.2 Å². The Bertz CT molecular complexity index is 521. The zero-order valence-electron chi connectivity index (χ0n) is 11.1. The zero-order chi connectivity index (χ0) is 16.0. The summed E-state index contributed by atoms with van der Waals surface area (Å²) in [4.78, 5) is 11.6. The molecule has 0 aliphatic rings. The second-order valence-electron chi connectivity index (χ2n) is 4.09. The first-order valence-electron chi connectivity index (χ1n) is 5.93. The highest BCUT2D eigenvalue weighted by atomic mass is 79.9. The predicted octanol–water partition coefficient (Wildman–Crippen LogP) is 3.45. The highest BCUT2D eigenvalue weighted by Crippen LogP contribution is 2.32. The maximum absolute atomic E-state index is 12.1. The molecule has 1 rings (SSSR count). The maximum Gasteiger partial charge on any atom is 0.573 e. The van der Waals surface area contributed by atoms with E-state index in [1.54, 1.807) is 13.0 Å². The van der Waals surface area contributed by atoms with Crippen molar-refractivity contribution in [2.24, 2.45) is 0 Å². The molecule has 0 radical (unpaired) electrons. The Morgan fingerprint density at radius 3 is 2.71 bits per heavy atom. The molecule has 0 aromatic heterocycles. The standard InChI is InChI=1S/C13H14BrF3N2O2/c1-3-6-18-12(20)8(2)19-9-4-5-11(10(14)7-9)21-13(15,16)17/h3-5,7-8,19H,1,6H2,2H3,(H,18,20). The van der Waals surface area contributed by atoms with Gasteiger partial charge in [-0.1, -0.05) is 6.08 Å². The molecule has 0 fully saturated rings. The molecule has 0 aliphatic heterocycles. The fourth-order valence-electron chi connectivity index (χ4n) is 1.44. The number of carbonyl (C=O) groups excluding carboxylic acids is 1. The molecule has 116 valence electrons. The Morgan fingerprint density at radius 2 is 2.19 bits per heavy atom. The Balaban J connectivity index is 2.71. The van der Waals surface area contributed by atoms with Crippen LogP contribution in [0.1, 0.15) is 6.92 Å². The van der Waals surface area contributed by atoms with Gasteiger partial charge in [-0.15, -0.1) is 19.8 Å². The van der Waals surface area contributed by atoms with Gasteiger partial charge in [-0.3, -0.25) is 4.79 Å². The van der Waals surface area contributed by atoms with Crippen molar-refractivity contribution >= 4 is 27.5 Å². The molecule has 0 saturated heterocycles. The molecule has 0 bridgehead atoms. The molecule has 0 saturated carbocycles. The average molecular weight is 367 g/mol. The summed E-state index contributed by atoms with van der Waals surface area (Å²) < 4.78 is 40.4. The number of amides is 1. The van der Waals surface area contributed by atoms with Gasteiger partial charge >= 0.3 is 6.36 Å². The third kappa shape index (κ3) is 6.07. The minimum Gasteiger partial charge on any atom is -0.405 e. The van der Waals surface area contributed by atoms with E-state index in [4.69, 9.17) is 0 Å². The number of benzene rings is 1. The lowest BCUT2D eigenvalue weighted by molar-refractivity contribution is -0.274. The van der Waals surface area contributed by atoms with E-state index in [1.807, 2.05) is 0 Å². The number of carbonyl (C=O) groups is 1. The summed E-state index contributed by atoms with van der Waals surface area (Å²) in [7, 11) is 0. The largest absolute Gasteiger partial charge is 0.573 e. The van der Waals surface area contributed by atoms with E-state index in [-0.39, 0.29) is 16.1 Å². The third-order valence-corrected chi connectivity index (χ3v) is 2.97. The quantitative estimate of drug-likeness (QED) is 0.758. The molecule has 4 nitrogen and oxygen atoms in total. The predicted molar refractivity (Wildman–Crippen MR) is 77.1 cm³/mol.